The van der Waals surface area contributed by atoms with Crippen LogP contribution >= 0.6 is 0 Å². The summed E-state index contributed by atoms with van der Waals surface area (Å²) in [7, 11) is 0. The third-order valence-corrected chi connectivity index (χ3v) is 2.52. The first-order valence-electron chi connectivity index (χ1n) is 5.62. The van der Waals surface area contributed by atoms with Crippen LogP contribution in [0.2, 0.25) is 0 Å². The summed E-state index contributed by atoms with van der Waals surface area (Å²) in [5.41, 5.74) is 1.01. The summed E-state index contributed by atoms with van der Waals surface area (Å²) >= 11 is 0. The number of hydrogen-bond donors (Lipinski definition) is 1. The fourth-order valence-electron chi connectivity index (χ4n) is 1.54. The molecule has 0 aliphatic heterocycles. The molecule has 0 amide bonds. The second-order valence-corrected chi connectivity index (χ2v) is 3.79. The van der Waals surface area contributed by atoms with E-state index in [-0.39, 0.29) is 37.7 Å². The van der Waals surface area contributed by atoms with E-state index in [0.29, 0.717) is 23.5 Å². The molecule has 0 aliphatic rings. The Balaban J connectivity index is 0.00000256. The molecule has 17 heavy (non-hydrogen) atoms. The van der Waals surface area contributed by atoms with E-state index in [1.165, 1.54) is 0 Å². The van der Waals surface area contributed by atoms with Gasteiger partial charge in [-0.2, -0.15) is 0 Å². The molecule has 0 bridgehead atoms. The predicted octanol–water partition coefficient (Wildman–Crippen LogP) is 2.35. The number of carbonyl (C=O) groups is 1. The first kappa shape index (κ1) is 16.7. The number of hydrogen-bond acceptors (Lipinski definition) is 2. The van der Waals surface area contributed by atoms with Crippen molar-refractivity contribution in [3.63, 3.8) is 0 Å². The van der Waals surface area contributed by atoms with Crippen molar-refractivity contribution < 1.29 is 14.6 Å². The Labute approximate surface area is 132 Å². The zero-order valence-electron chi connectivity index (χ0n) is 9.82. The molecule has 0 atom stereocenters. The van der Waals surface area contributed by atoms with Crippen LogP contribution in [0.5, 0.6) is 5.75 Å². The van der Waals surface area contributed by atoms with Crippen molar-refractivity contribution in [2.45, 2.75) is 33.1 Å². The van der Waals surface area contributed by atoms with Gasteiger partial charge >= 0.3 is 43.7 Å². The van der Waals surface area contributed by atoms with Crippen LogP contribution in [-0.4, -0.2) is 55.4 Å². The zero-order chi connectivity index (χ0) is 12.0. The third kappa shape index (κ3) is 5.28. The third-order valence-electron chi connectivity index (χ3n) is 2.52. The topological polar surface area (TPSA) is 46.5 Å². The van der Waals surface area contributed by atoms with Crippen molar-refractivity contribution in [1.82, 2.24) is 0 Å². The standard InChI is InChI=1S/C13H18O3.Ca.2H/c1-3-4-5-9-16-12-8-6-7-11(10(12)2)13(14)15;;;/h6-8H,3-5,9H2,1-2H3,(H,14,15);;;. The molecule has 92 valence electrons. The Bertz CT molecular complexity index is 364. The number of rotatable bonds is 6. The molecule has 0 heterocycles. The van der Waals surface area contributed by atoms with Crippen LogP contribution in [0.25, 0.3) is 0 Å². The molecule has 0 unspecified atom stereocenters. The van der Waals surface area contributed by atoms with Crippen LogP contribution in [0.4, 0.5) is 0 Å². The van der Waals surface area contributed by atoms with Crippen LogP contribution < -0.4 is 4.74 Å². The summed E-state index contributed by atoms with van der Waals surface area (Å²) in [6.45, 7) is 4.56. The van der Waals surface area contributed by atoms with E-state index in [2.05, 4.69) is 6.92 Å². The van der Waals surface area contributed by atoms with Crippen LogP contribution in [-0.2, 0) is 0 Å². The summed E-state index contributed by atoms with van der Waals surface area (Å²) in [6, 6.07) is 5.12. The molecular formula is C13H20CaO3. The average Bonchev–Trinajstić information content (AvgIpc) is 2.26. The van der Waals surface area contributed by atoms with Gasteiger partial charge in [0.15, 0.2) is 0 Å². The molecule has 0 saturated carbocycles. The van der Waals surface area contributed by atoms with Gasteiger partial charge in [0.2, 0.25) is 0 Å². The summed E-state index contributed by atoms with van der Waals surface area (Å²) in [5, 5.41) is 8.94. The molecule has 3 nitrogen and oxygen atoms in total. The van der Waals surface area contributed by atoms with Crippen LogP contribution in [0.15, 0.2) is 18.2 Å². The summed E-state index contributed by atoms with van der Waals surface area (Å²) in [4.78, 5) is 10.9. The molecule has 1 N–H and O–H groups in total. The predicted molar refractivity (Wildman–Crippen MR) is 71.7 cm³/mol. The Morgan fingerprint density at radius 1 is 1.35 bits per heavy atom. The SMILES string of the molecule is CCCCCOc1cccc(C(=O)O)c1C.[CaH2]. The monoisotopic (exact) mass is 264 g/mol. The van der Waals surface area contributed by atoms with Gasteiger partial charge in [0.1, 0.15) is 5.75 Å². The van der Waals surface area contributed by atoms with Crippen LogP contribution in [0.1, 0.15) is 42.1 Å². The fourth-order valence-corrected chi connectivity index (χ4v) is 1.54. The normalized spacial score (nSPS) is 9.53. The van der Waals surface area contributed by atoms with Gasteiger partial charge in [-0.05, 0) is 25.5 Å². The van der Waals surface area contributed by atoms with Crippen molar-refractivity contribution in [2.24, 2.45) is 0 Å². The van der Waals surface area contributed by atoms with E-state index in [1.807, 2.05) is 6.07 Å². The van der Waals surface area contributed by atoms with Gasteiger partial charge in [-0.3, -0.25) is 0 Å². The number of carboxylic acids is 1. The Hall–Kier alpha value is -0.250. The second kappa shape index (κ2) is 8.78. The summed E-state index contributed by atoms with van der Waals surface area (Å²) in [6.07, 6.45) is 3.29. The van der Waals surface area contributed by atoms with Crippen LogP contribution in [0, 0.1) is 6.92 Å². The number of benzene rings is 1. The molecule has 0 aliphatic carbocycles. The molecular weight excluding hydrogens is 244 g/mol. The van der Waals surface area contributed by atoms with Crippen molar-refractivity contribution in [1.29, 1.82) is 0 Å². The van der Waals surface area contributed by atoms with Crippen LogP contribution in [0.3, 0.4) is 0 Å². The maximum absolute atomic E-state index is 10.9. The van der Waals surface area contributed by atoms with E-state index in [1.54, 1.807) is 19.1 Å². The minimum absolute atomic E-state index is 0. The fraction of sp³-hybridized carbons (Fsp3) is 0.462. The number of ether oxygens (including phenoxy) is 1. The number of aromatic carboxylic acids is 1. The quantitative estimate of drug-likeness (QED) is 0.633. The van der Waals surface area contributed by atoms with Gasteiger partial charge in [0.25, 0.3) is 0 Å². The second-order valence-electron chi connectivity index (χ2n) is 3.79. The molecule has 1 aromatic carbocycles. The van der Waals surface area contributed by atoms with Crippen molar-refractivity contribution >= 4 is 43.7 Å². The number of unbranched alkanes of at least 4 members (excludes halogenated alkanes) is 2. The van der Waals surface area contributed by atoms with Gasteiger partial charge in [-0.25, -0.2) is 4.79 Å². The van der Waals surface area contributed by atoms with E-state index in [9.17, 15) is 4.79 Å². The Morgan fingerprint density at radius 2 is 2.06 bits per heavy atom. The molecule has 0 spiro atoms. The van der Waals surface area contributed by atoms with E-state index < -0.39 is 5.97 Å². The molecule has 1 rings (SSSR count). The molecule has 4 heteroatoms. The maximum atomic E-state index is 10.9. The summed E-state index contributed by atoms with van der Waals surface area (Å²) < 4.78 is 5.57. The van der Waals surface area contributed by atoms with Gasteiger partial charge < -0.3 is 9.84 Å². The Morgan fingerprint density at radius 3 is 2.65 bits per heavy atom. The average molecular weight is 264 g/mol. The van der Waals surface area contributed by atoms with Gasteiger partial charge in [-0.15, -0.1) is 0 Å². The van der Waals surface area contributed by atoms with Crippen molar-refractivity contribution in [2.75, 3.05) is 6.61 Å². The van der Waals surface area contributed by atoms with E-state index in [0.717, 1.165) is 19.3 Å². The Kier molecular flexibility index (Phi) is 8.66. The molecule has 0 radical (unpaired) electrons. The number of carboxylic acid groups (broad SMARTS) is 1. The minimum atomic E-state index is -0.906. The summed E-state index contributed by atoms with van der Waals surface area (Å²) in [5.74, 6) is -0.229. The molecule has 0 aromatic heterocycles. The molecule has 0 saturated heterocycles. The zero-order valence-corrected chi connectivity index (χ0v) is 9.82. The first-order chi connectivity index (χ1) is 7.66. The molecule has 1 aromatic rings. The first-order valence-corrected chi connectivity index (χ1v) is 5.62. The van der Waals surface area contributed by atoms with Gasteiger partial charge in [0, 0.05) is 5.56 Å². The molecule has 0 fully saturated rings. The van der Waals surface area contributed by atoms with Gasteiger partial charge in [0.05, 0.1) is 12.2 Å². The van der Waals surface area contributed by atoms with E-state index >= 15 is 0 Å². The van der Waals surface area contributed by atoms with Crippen molar-refractivity contribution in [3.8, 4) is 5.75 Å². The van der Waals surface area contributed by atoms with Gasteiger partial charge in [-0.1, -0.05) is 25.8 Å². The van der Waals surface area contributed by atoms with E-state index in [4.69, 9.17) is 9.84 Å². The van der Waals surface area contributed by atoms with Crippen molar-refractivity contribution in [3.05, 3.63) is 29.3 Å².